The minimum atomic E-state index is 0.496. The second-order valence-electron chi connectivity index (χ2n) is 4.21. The van der Waals surface area contributed by atoms with Crippen molar-refractivity contribution in [3.8, 4) is 5.88 Å². The van der Waals surface area contributed by atoms with Gasteiger partial charge in [0.15, 0.2) is 0 Å². The van der Waals surface area contributed by atoms with Crippen molar-refractivity contribution in [1.29, 1.82) is 0 Å². The highest BCUT2D eigenvalue weighted by molar-refractivity contribution is 5.07. The summed E-state index contributed by atoms with van der Waals surface area (Å²) in [6.07, 6.45) is 3.37. The normalized spacial score (nSPS) is 10.8. The summed E-state index contributed by atoms with van der Waals surface area (Å²) < 4.78 is 10.2. The number of rotatable bonds is 8. The van der Waals surface area contributed by atoms with Crippen LogP contribution < -0.4 is 10.1 Å². The van der Waals surface area contributed by atoms with E-state index in [0.29, 0.717) is 25.0 Å². The molecule has 1 aromatic heterocycles. The fourth-order valence-corrected chi connectivity index (χ4v) is 1.23. The lowest BCUT2D eigenvalue weighted by Crippen LogP contribution is -2.19. The van der Waals surface area contributed by atoms with Crippen LogP contribution in [0.3, 0.4) is 0 Å². The van der Waals surface area contributed by atoms with Crippen LogP contribution in [0.25, 0.3) is 0 Å². The van der Waals surface area contributed by atoms with Crippen LogP contribution in [0.2, 0.25) is 0 Å². The summed E-state index contributed by atoms with van der Waals surface area (Å²) in [7, 11) is 1.64. The molecular formula is C12H21N3O2. The van der Waals surface area contributed by atoms with Crippen molar-refractivity contribution in [2.75, 3.05) is 26.9 Å². The molecule has 5 heteroatoms. The van der Waals surface area contributed by atoms with E-state index in [4.69, 9.17) is 9.47 Å². The number of nitrogens with zero attached hydrogens (tertiary/aromatic N) is 2. The Bertz CT molecular complexity index is 301. The zero-order chi connectivity index (χ0) is 12.5. The van der Waals surface area contributed by atoms with Gasteiger partial charge in [-0.2, -0.15) is 0 Å². The maximum absolute atomic E-state index is 5.33. The zero-order valence-corrected chi connectivity index (χ0v) is 10.8. The number of aromatic nitrogens is 2. The fraction of sp³-hybridized carbons (Fsp3) is 0.667. The molecule has 96 valence electrons. The van der Waals surface area contributed by atoms with Crippen LogP contribution in [0.4, 0.5) is 0 Å². The van der Waals surface area contributed by atoms with Gasteiger partial charge in [0.25, 0.3) is 0 Å². The summed E-state index contributed by atoms with van der Waals surface area (Å²) >= 11 is 0. The van der Waals surface area contributed by atoms with Crippen LogP contribution in [0.15, 0.2) is 12.4 Å². The number of ether oxygens (including phenoxy) is 2. The molecule has 0 amide bonds. The summed E-state index contributed by atoms with van der Waals surface area (Å²) in [5.74, 6) is 1.18. The van der Waals surface area contributed by atoms with Crippen LogP contribution in [-0.4, -0.2) is 36.8 Å². The topological polar surface area (TPSA) is 56.3 Å². The summed E-state index contributed by atoms with van der Waals surface area (Å²) in [6.45, 7) is 7.11. The Labute approximate surface area is 103 Å². The molecule has 1 rings (SSSR count). The van der Waals surface area contributed by atoms with Gasteiger partial charge in [-0.1, -0.05) is 13.8 Å². The lowest BCUT2D eigenvalue weighted by Gasteiger charge is -2.07. The van der Waals surface area contributed by atoms with Gasteiger partial charge in [0, 0.05) is 13.7 Å². The molecule has 0 saturated heterocycles. The Kier molecular flexibility index (Phi) is 6.50. The predicted octanol–water partition coefficient (Wildman–Crippen LogP) is 1.25. The van der Waals surface area contributed by atoms with Gasteiger partial charge in [-0.15, -0.1) is 0 Å². The molecule has 0 atom stereocenters. The van der Waals surface area contributed by atoms with Crippen LogP contribution in [-0.2, 0) is 11.3 Å². The van der Waals surface area contributed by atoms with Crippen LogP contribution in [0, 0.1) is 5.92 Å². The van der Waals surface area contributed by atoms with Gasteiger partial charge in [0.05, 0.1) is 24.7 Å². The quantitative estimate of drug-likeness (QED) is 0.692. The fourth-order valence-electron chi connectivity index (χ4n) is 1.23. The lowest BCUT2D eigenvalue weighted by atomic mass is 10.2. The monoisotopic (exact) mass is 239 g/mol. The number of hydrogen-bond acceptors (Lipinski definition) is 5. The zero-order valence-electron chi connectivity index (χ0n) is 10.8. The molecule has 0 unspecified atom stereocenters. The molecule has 0 radical (unpaired) electrons. The first-order valence-electron chi connectivity index (χ1n) is 5.85. The molecule has 0 bridgehead atoms. The van der Waals surface area contributed by atoms with Crippen LogP contribution >= 0.6 is 0 Å². The molecule has 5 nitrogen and oxygen atoms in total. The third-order valence-electron chi connectivity index (χ3n) is 2.08. The van der Waals surface area contributed by atoms with Gasteiger partial charge in [0.1, 0.15) is 6.61 Å². The predicted molar refractivity (Wildman–Crippen MR) is 65.9 cm³/mol. The van der Waals surface area contributed by atoms with E-state index in [1.54, 1.807) is 19.5 Å². The first kappa shape index (κ1) is 13.9. The van der Waals surface area contributed by atoms with Crippen molar-refractivity contribution in [2.45, 2.75) is 20.4 Å². The molecule has 0 spiro atoms. The van der Waals surface area contributed by atoms with E-state index in [1.165, 1.54) is 0 Å². The van der Waals surface area contributed by atoms with Crippen LogP contribution in [0.5, 0.6) is 5.88 Å². The first-order chi connectivity index (χ1) is 8.22. The maximum atomic E-state index is 5.33. The van der Waals surface area contributed by atoms with E-state index in [2.05, 4.69) is 29.1 Å². The van der Waals surface area contributed by atoms with E-state index < -0.39 is 0 Å². The van der Waals surface area contributed by atoms with Crippen molar-refractivity contribution in [3.63, 3.8) is 0 Å². The van der Waals surface area contributed by atoms with E-state index in [1.807, 2.05) is 0 Å². The summed E-state index contributed by atoms with van der Waals surface area (Å²) in [5, 5.41) is 3.31. The van der Waals surface area contributed by atoms with Gasteiger partial charge < -0.3 is 14.8 Å². The number of methoxy groups -OCH3 is 1. The van der Waals surface area contributed by atoms with Crippen molar-refractivity contribution < 1.29 is 9.47 Å². The number of nitrogens with one attached hydrogen (secondary N) is 1. The molecule has 0 aliphatic heterocycles. The van der Waals surface area contributed by atoms with E-state index in [-0.39, 0.29) is 0 Å². The van der Waals surface area contributed by atoms with Gasteiger partial charge >= 0.3 is 0 Å². The standard InChI is InChI=1S/C12H21N3O2/c1-10(2)6-13-7-11-8-15-12(9-14-11)17-5-4-16-3/h8-10,13H,4-7H2,1-3H3. The highest BCUT2D eigenvalue weighted by Gasteiger charge is 1.99. The second kappa shape index (κ2) is 7.97. The Morgan fingerprint density at radius 1 is 1.24 bits per heavy atom. The first-order valence-corrected chi connectivity index (χ1v) is 5.85. The molecule has 0 fully saturated rings. The van der Waals surface area contributed by atoms with Crippen molar-refractivity contribution in [1.82, 2.24) is 15.3 Å². The average molecular weight is 239 g/mol. The Morgan fingerprint density at radius 2 is 2.06 bits per heavy atom. The van der Waals surface area contributed by atoms with Gasteiger partial charge in [-0.25, -0.2) is 4.98 Å². The molecule has 1 heterocycles. The molecule has 0 aliphatic carbocycles. The van der Waals surface area contributed by atoms with Gasteiger partial charge in [-0.3, -0.25) is 4.98 Å². The average Bonchev–Trinajstić information content (AvgIpc) is 2.31. The van der Waals surface area contributed by atoms with E-state index >= 15 is 0 Å². The number of hydrogen-bond donors (Lipinski definition) is 1. The van der Waals surface area contributed by atoms with Crippen molar-refractivity contribution >= 4 is 0 Å². The minimum Gasteiger partial charge on any atom is -0.474 e. The highest BCUT2D eigenvalue weighted by atomic mass is 16.5. The summed E-state index contributed by atoms with van der Waals surface area (Å²) in [6, 6.07) is 0. The second-order valence-corrected chi connectivity index (χ2v) is 4.21. The largest absolute Gasteiger partial charge is 0.474 e. The SMILES string of the molecule is COCCOc1cnc(CNCC(C)C)cn1. The Morgan fingerprint density at radius 3 is 2.65 bits per heavy atom. The molecular weight excluding hydrogens is 218 g/mol. The molecule has 17 heavy (non-hydrogen) atoms. The minimum absolute atomic E-state index is 0.496. The molecule has 1 aromatic rings. The molecule has 0 saturated carbocycles. The summed E-state index contributed by atoms with van der Waals surface area (Å²) in [5.41, 5.74) is 0.921. The maximum Gasteiger partial charge on any atom is 0.232 e. The highest BCUT2D eigenvalue weighted by Crippen LogP contribution is 2.03. The molecule has 0 aliphatic rings. The van der Waals surface area contributed by atoms with E-state index in [0.717, 1.165) is 18.8 Å². The van der Waals surface area contributed by atoms with Crippen LogP contribution in [0.1, 0.15) is 19.5 Å². The Hall–Kier alpha value is -1.20. The molecule has 0 aromatic carbocycles. The van der Waals surface area contributed by atoms with Gasteiger partial charge in [-0.05, 0) is 12.5 Å². The third-order valence-corrected chi connectivity index (χ3v) is 2.08. The summed E-state index contributed by atoms with van der Waals surface area (Å²) in [4.78, 5) is 8.43. The molecule has 1 N–H and O–H groups in total. The van der Waals surface area contributed by atoms with Crippen molar-refractivity contribution in [2.24, 2.45) is 5.92 Å². The lowest BCUT2D eigenvalue weighted by molar-refractivity contribution is 0.143. The Balaban J connectivity index is 2.29. The van der Waals surface area contributed by atoms with Gasteiger partial charge in [0.2, 0.25) is 5.88 Å². The van der Waals surface area contributed by atoms with E-state index in [9.17, 15) is 0 Å². The third kappa shape index (κ3) is 6.19. The smallest absolute Gasteiger partial charge is 0.232 e. The van der Waals surface area contributed by atoms with Crippen molar-refractivity contribution in [3.05, 3.63) is 18.1 Å².